The highest BCUT2D eigenvalue weighted by Gasteiger charge is 2.23. The van der Waals surface area contributed by atoms with E-state index < -0.39 is 0 Å². The molecule has 1 aliphatic heterocycles. The number of aryl methyl sites for hydroxylation is 2. The van der Waals surface area contributed by atoms with Crippen molar-refractivity contribution in [3.63, 3.8) is 0 Å². The van der Waals surface area contributed by atoms with E-state index in [2.05, 4.69) is 49.2 Å². The molecule has 4 heteroatoms. The van der Waals surface area contributed by atoms with Crippen molar-refractivity contribution in [3.8, 4) is 0 Å². The molecule has 1 saturated heterocycles. The summed E-state index contributed by atoms with van der Waals surface area (Å²) in [6.07, 6.45) is 4.64. The molecule has 0 radical (unpaired) electrons. The lowest BCUT2D eigenvalue weighted by molar-refractivity contribution is 0.157. The zero-order valence-corrected chi connectivity index (χ0v) is 13.0. The average Bonchev–Trinajstić information content (AvgIpc) is 2.69. The Bertz CT molecular complexity index is 402. The van der Waals surface area contributed by atoms with Gasteiger partial charge in [-0.25, -0.2) is 0 Å². The van der Waals surface area contributed by atoms with Gasteiger partial charge in [0, 0.05) is 36.9 Å². The smallest absolute Gasteiger partial charge is 0.0641 e. The van der Waals surface area contributed by atoms with E-state index in [1.807, 2.05) is 11.7 Å². The Morgan fingerprint density at radius 3 is 2.37 bits per heavy atom. The first-order chi connectivity index (χ1) is 8.97. The van der Waals surface area contributed by atoms with E-state index in [-0.39, 0.29) is 0 Å². The third-order valence-corrected chi connectivity index (χ3v) is 4.26. The molecule has 19 heavy (non-hydrogen) atoms. The third kappa shape index (κ3) is 3.57. The van der Waals surface area contributed by atoms with E-state index in [1.54, 1.807) is 0 Å². The summed E-state index contributed by atoms with van der Waals surface area (Å²) in [7, 11) is 1.99. The van der Waals surface area contributed by atoms with Gasteiger partial charge < -0.3 is 10.2 Å². The van der Waals surface area contributed by atoms with Gasteiger partial charge in [-0.2, -0.15) is 5.10 Å². The van der Waals surface area contributed by atoms with E-state index in [0.717, 1.165) is 5.69 Å². The SMILES string of the molecule is Cc1nn(C)cc1C(C)NC1CCN(C(C)C)CC1. The highest BCUT2D eigenvalue weighted by Crippen LogP contribution is 2.20. The molecule has 1 N–H and O–H groups in total. The minimum absolute atomic E-state index is 0.393. The van der Waals surface area contributed by atoms with E-state index in [1.165, 1.54) is 31.5 Å². The molecule has 2 rings (SSSR count). The molecular formula is C15H28N4. The second-order valence-electron chi connectivity index (χ2n) is 6.14. The Hall–Kier alpha value is -0.870. The van der Waals surface area contributed by atoms with Gasteiger partial charge in [-0.3, -0.25) is 4.68 Å². The number of aromatic nitrogens is 2. The molecule has 0 amide bonds. The second kappa shape index (κ2) is 6.06. The summed E-state index contributed by atoms with van der Waals surface area (Å²) in [5.41, 5.74) is 2.47. The predicted molar refractivity (Wildman–Crippen MR) is 79.2 cm³/mol. The summed E-state index contributed by atoms with van der Waals surface area (Å²) < 4.78 is 1.91. The molecule has 0 aliphatic carbocycles. The van der Waals surface area contributed by atoms with Crippen molar-refractivity contribution >= 4 is 0 Å². The zero-order chi connectivity index (χ0) is 14.0. The summed E-state index contributed by atoms with van der Waals surface area (Å²) in [4.78, 5) is 2.57. The molecule has 0 bridgehead atoms. The minimum atomic E-state index is 0.393. The number of piperidine rings is 1. The number of nitrogens with one attached hydrogen (secondary N) is 1. The maximum atomic E-state index is 4.43. The summed E-state index contributed by atoms with van der Waals surface area (Å²) in [5.74, 6) is 0. The van der Waals surface area contributed by atoms with E-state index in [0.29, 0.717) is 18.1 Å². The van der Waals surface area contributed by atoms with Crippen LogP contribution >= 0.6 is 0 Å². The van der Waals surface area contributed by atoms with Crippen molar-refractivity contribution in [3.05, 3.63) is 17.5 Å². The van der Waals surface area contributed by atoms with Crippen LogP contribution in [-0.4, -0.2) is 39.9 Å². The number of nitrogens with zero attached hydrogens (tertiary/aromatic N) is 3. The number of hydrogen-bond acceptors (Lipinski definition) is 3. The molecule has 4 nitrogen and oxygen atoms in total. The van der Waals surface area contributed by atoms with Crippen molar-refractivity contribution < 1.29 is 0 Å². The van der Waals surface area contributed by atoms with Crippen LogP contribution < -0.4 is 5.32 Å². The molecule has 1 aromatic heterocycles. The molecule has 0 spiro atoms. The topological polar surface area (TPSA) is 33.1 Å². The fourth-order valence-electron chi connectivity index (χ4n) is 3.07. The van der Waals surface area contributed by atoms with Crippen LogP contribution in [-0.2, 0) is 7.05 Å². The Labute approximate surface area is 117 Å². The summed E-state index contributed by atoms with van der Waals surface area (Å²) in [6.45, 7) is 11.3. The van der Waals surface area contributed by atoms with Gasteiger partial charge in [0.2, 0.25) is 0 Å². The Kier molecular flexibility index (Phi) is 4.63. The van der Waals surface area contributed by atoms with Gasteiger partial charge >= 0.3 is 0 Å². The predicted octanol–water partition coefficient (Wildman–Crippen LogP) is 2.25. The van der Waals surface area contributed by atoms with Crippen LogP contribution in [0.25, 0.3) is 0 Å². The van der Waals surface area contributed by atoms with Crippen LogP contribution in [0.3, 0.4) is 0 Å². The molecule has 2 heterocycles. The zero-order valence-electron chi connectivity index (χ0n) is 13.0. The van der Waals surface area contributed by atoms with Gasteiger partial charge in [0.05, 0.1) is 5.69 Å². The molecule has 1 aromatic rings. The standard InChI is InChI=1S/C15H28N4/c1-11(2)19-8-6-14(7-9-19)16-12(3)15-10-18(5)17-13(15)4/h10-12,14,16H,6-9H2,1-5H3. The average molecular weight is 264 g/mol. The Balaban J connectivity index is 1.87. The highest BCUT2D eigenvalue weighted by atomic mass is 15.3. The fourth-order valence-corrected chi connectivity index (χ4v) is 3.07. The quantitative estimate of drug-likeness (QED) is 0.905. The largest absolute Gasteiger partial charge is 0.307 e. The first-order valence-corrected chi connectivity index (χ1v) is 7.47. The van der Waals surface area contributed by atoms with Crippen molar-refractivity contribution in [2.45, 2.75) is 58.7 Å². The fraction of sp³-hybridized carbons (Fsp3) is 0.800. The van der Waals surface area contributed by atoms with Crippen LogP contribution in [0.5, 0.6) is 0 Å². The van der Waals surface area contributed by atoms with Gasteiger partial charge in [-0.05, 0) is 53.6 Å². The lowest BCUT2D eigenvalue weighted by atomic mass is 10.0. The van der Waals surface area contributed by atoms with Gasteiger partial charge in [0.15, 0.2) is 0 Å². The molecule has 1 atom stereocenters. The molecular weight excluding hydrogens is 236 g/mol. The number of hydrogen-bond donors (Lipinski definition) is 1. The van der Waals surface area contributed by atoms with Gasteiger partial charge in [-0.15, -0.1) is 0 Å². The first kappa shape index (κ1) is 14.5. The first-order valence-electron chi connectivity index (χ1n) is 7.47. The van der Waals surface area contributed by atoms with Gasteiger partial charge in [0.1, 0.15) is 0 Å². The van der Waals surface area contributed by atoms with E-state index in [9.17, 15) is 0 Å². The van der Waals surface area contributed by atoms with E-state index >= 15 is 0 Å². The maximum absolute atomic E-state index is 4.43. The van der Waals surface area contributed by atoms with Crippen LogP contribution in [0.15, 0.2) is 6.20 Å². The molecule has 108 valence electrons. The Morgan fingerprint density at radius 2 is 1.89 bits per heavy atom. The van der Waals surface area contributed by atoms with E-state index in [4.69, 9.17) is 0 Å². The molecule has 0 saturated carbocycles. The maximum Gasteiger partial charge on any atom is 0.0641 e. The van der Waals surface area contributed by atoms with Crippen molar-refractivity contribution in [2.75, 3.05) is 13.1 Å². The summed E-state index contributed by atoms with van der Waals surface area (Å²) in [5, 5.41) is 8.20. The third-order valence-electron chi connectivity index (χ3n) is 4.26. The number of rotatable bonds is 4. The van der Waals surface area contributed by atoms with Crippen LogP contribution in [0.2, 0.25) is 0 Å². The monoisotopic (exact) mass is 264 g/mol. The van der Waals surface area contributed by atoms with Crippen molar-refractivity contribution in [1.29, 1.82) is 0 Å². The summed E-state index contributed by atoms with van der Waals surface area (Å²) in [6, 6.07) is 1.72. The van der Waals surface area contributed by atoms with Crippen molar-refractivity contribution in [2.24, 2.45) is 7.05 Å². The second-order valence-corrected chi connectivity index (χ2v) is 6.14. The molecule has 1 aliphatic rings. The van der Waals surface area contributed by atoms with Gasteiger partial charge in [0.25, 0.3) is 0 Å². The minimum Gasteiger partial charge on any atom is -0.307 e. The number of likely N-dealkylation sites (tertiary alicyclic amines) is 1. The molecule has 1 unspecified atom stereocenters. The van der Waals surface area contributed by atoms with Crippen molar-refractivity contribution in [1.82, 2.24) is 20.0 Å². The molecule has 1 fully saturated rings. The Morgan fingerprint density at radius 1 is 1.26 bits per heavy atom. The lowest BCUT2D eigenvalue weighted by Gasteiger charge is -2.36. The molecule has 0 aromatic carbocycles. The highest BCUT2D eigenvalue weighted by molar-refractivity contribution is 5.19. The normalized spacial score (nSPS) is 20.1. The lowest BCUT2D eigenvalue weighted by Crippen LogP contribution is -2.45. The van der Waals surface area contributed by atoms with Gasteiger partial charge in [-0.1, -0.05) is 0 Å². The summed E-state index contributed by atoms with van der Waals surface area (Å²) >= 11 is 0. The van der Waals surface area contributed by atoms with Crippen LogP contribution in [0.4, 0.5) is 0 Å². The van der Waals surface area contributed by atoms with Crippen LogP contribution in [0.1, 0.15) is 50.9 Å². The van der Waals surface area contributed by atoms with Crippen LogP contribution in [0, 0.1) is 6.92 Å².